The number of ether oxygens (including phenoxy) is 3. The third-order valence-corrected chi connectivity index (χ3v) is 6.44. The Hall–Kier alpha value is -1.26. The van der Waals surface area contributed by atoms with E-state index in [0.29, 0.717) is 0 Å². The van der Waals surface area contributed by atoms with E-state index in [1.165, 1.54) is 0 Å². The van der Waals surface area contributed by atoms with Crippen LogP contribution in [-0.4, -0.2) is 83.9 Å². The minimum absolute atomic E-state index is 0.192. The van der Waals surface area contributed by atoms with Gasteiger partial charge in [-0.15, -0.1) is 0 Å². The third kappa shape index (κ3) is 12.9. The Balaban J connectivity index is 3.94. The normalized spacial score (nSPS) is 26.1. The molecule has 0 spiro atoms. The van der Waals surface area contributed by atoms with E-state index in [4.69, 9.17) is 14.2 Å². The van der Waals surface area contributed by atoms with Gasteiger partial charge in [-0.1, -0.05) is 20.8 Å². The first-order valence-electron chi connectivity index (χ1n) is 11.6. The molecule has 1 aliphatic rings. The van der Waals surface area contributed by atoms with Crippen molar-refractivity contribution < 1.29 is 85.2 Å². The number of esters is 3. The second-order valence-electron chi connectivity index (χ2n) is 8.30. The first-order valence-corrected chi connectivity index (χ1v) is 16.2. The maximum Gasteiger partial charge on any atom is 0.470 e. The van der Waals surface area contributed by atoms with Crippen molar-refractivity contribution in [3.05, 3.63) is 0 Å². The average Bonchev–Trinajstić information content (AvgIpc) is 2.73. The summed E-state index contributed by atoms with van der Waals surface area (Å²) >= 11 is 0. The lowest BCUT2D eigenvalue weighted by Crippen LogP contribution is -2.67. The zero-order valence-corrected chi connectivity index (χ0v) is 23.8. The highest BCUT2D eigenvalue weighted by molar-refractivity contribution is 7.47. The molecule has 0 amide bonds. The lowest BCUT2D eigenvalue weighted by Gasteiger charge is -2.47. The smallest absolute Gasteiger partial charge is 0.455 e. The highest BCUT2D eigenvalue weighted by Gasteiger charge is 2.62. The minimum atomic E-state index is -5.70. The number of hydrogen-bond donors (Lipinski definition) is 6. The Morgan fingerprint density at radius 3 is 0.897 bits per heavy atom. The van der Waals surface area contributed by atoms with Crippen LogP contribution in [0.1, 0.15) is 59.3 Å². The van der Waals surface area contributed by atoms with Crippen molar-refractivity contribution in [1.82, 2.24) is 0 Å². The lowest BCUT2D eigenvalue weighted by atomic mass is 9.84. The van der Waals surface area contributed by atoms with E-state index >= 15 is 0 Å². The molecule has 1 rings (SSSR count). The molecule has 1 saturated carbocycles. The predicted molar refractivity (Wildman–Crippen MR) is 125 cm³/mol. The molecule has 1 fully saturated rings. The van der Waals surface area contributed by atoms with Crippen LogP contribution < -0.4 is 0 Å². The lowest BCUT2D eigenvalue weighted by molar-refractivity contribution is -0.241. The van der Waals surface area contributed by atoms with E-state index in [2.05, 4.69) is 13.6 Å². The van der Waals surface area contributed by atoms with Gasteiger partial charge >= 0.3 is 41.4 Å². The number of phosphoric acid groups is 3. The van der Waals surface area contributed by atoms with E-state index in [1.807, 2.05) is 0 Å². The van der Waals surface area contributed by atoms with E-state index in [-0.39, 0.29) is 38.5 Å². The fourth-order valence-corrected chi connectivity index (χ4v) is 5.28. The molecule has 0 aromatic rings. The van der Waals surface area contributed by atoms with Gasteiger partial charge in [0.05, 0.1) is 0 Å². The van der Waals surface area contributed by atoms with E-state index < -0.39 is 78.0 Å². The average molecular weight is 630 g/mol. The van der Waals surface area contributed by atoms with E-state index in [0.717, 1.165) is 0 Å². The zero-order chi connectivity index (χ0) is 30.2. The molecule has 21 heteroatoms. The fraction of sp³-hybridized carbons (Fsp3) is 0.833. The molecule has 18 nitrogen and oxygen atoms in total. The summed E-state index contributed by atoms with van der Waals surface area (Å²) in [7, 11) is -17.0. The summed E-state index contributed by atoms with van der Waals surface area (Å²) < 4.78 is 64.9. The second-order valence-corrected chi connectivity index (χ2v) is 11.9. The number of phosphoric ester groups is 3. The molecular formula is C18H33O18P3. The van der Waals surface area contributed by atoms with Gasteiger partial charge in [0, 0.05) is 19.3 Å². The first kappa shape index (κ1) is 35.8. The number of carbonyl (C=O) groups excluding carboxylic acids is 3. The van der Waals surface area contributed by atoms with Crippen LogP contribution in [-0.2, 0) is 55.9 Å². The molecule has 0 aromatic carbocycles. The predicted octanol–water partition coefficient (Wildman–Crippen LogP) is 0.569. The third-order valence-electron chi connectivity index (χ3n) is 4.88. The van der Waals surface area contributed by atoms with Crippen LogP contribution in [0, 0.1) is 0 Å². The van der Waals surface area contributed by atoms with Crippen molar-refractivity contribution in [1.29, 1.82) is 0 Å². The molecule has 0 bridgehead atoms. The van der Waals surface area contributed by atoms with Crippen LogP contribution in [0.2, 0.25) is 0 Å². The van der Waals surface area contributed by atoms with Gasteiger partial charge in [-0.3, -0.25) is 28.0 Å². The van der Waals surface area contributed by atoms with Gasteiger partial charge in [-0.2, -0.15) is 0 Å². The number of hydrogen-bond acceptors (Lipinski definition) is 12. The molecule has 0 saturated heterocycles. The maximum atomic E-state index is 12.5. The van der Waals surface area contributed by atoms with Gasteiger partial charge in [0.25, 0.3) is 0 Å². The standard InChI is InChI=1S/C18H33O18P3/c1-4-7-10(19)31-13-14(32-11(20)8-5-2)16(34-37(22,23)24)18(36-39(28,29)30)17(35-38(25,26)27)15(13)33-12(21)9-6-3/h13-18H,4-9H2,1-3H3,(H2,22,23,24)(H2,25,26,27)(H2,28,29,30)/t13-,14-,15+,16-,17-,18-/m0/s1. The van der Waals surface area contributed by atoms with Crippen LogP contribution in [0.15, 0.2) is 0 Å². The van der Waals surface area contributed by atoms with Crippen LogP contribution in [0.25, 0.3) is 0 Å². The molecule has 1 aliphatic carbocycles. The summed E-state index contributed by atoms with van der Waals surface area (Å²) in [5.74, 6) is -3.17. The fourth-order valence-electron chi connectivity index (χ4n) is 3.60. The molecule has 0 aromatic heterocycles. The highest BCUT2D eigenvalue weighted by atomic mass is 31.2. The van der Waals surface area contributed by atoms with Crippen molar-refractivity contribution in [2.75, 3.05) is 0 Å². The Morgan fingerprint density at radius 2 is 0.692 bits per heavy atom. The van der Waals surface area contributed by atoms with Gasteiger partial charge in [-0.25, -0.2) is 13.7 Å². The van der Waals surface area contributed by atoms with Gasteiger partial charge in [0.15, 0.2) is 18.3 Å². The molecule has 6 atom stereocenters. The van der Waals surface area contributed by atoms with Crippen LogP contribution in [0.3, 0.4) is 0 Å². The Bertz CT molecular complexity index is 928. The topological polar surface area (TPSA) is 279 Å². The quantitative estimate of drug-likeness (QED) is 0.0819. The first-order chi connectivity index (χ1) is 17.8. The molecule has 0 heterocycles. The summed E-state index contributed by atoms with van der Waals surface area (Å²) in [6.07, 6.45) is -14.3. The summed E-state index contributed by atoms with van der Waals surface area (Å²) in [6.45, 7) is 4.69. The van der Waals surface area contributed by atoms with Crippen molar-refractivity contribution in [3.8, 4) is 0 Å². The van der Waals surface area contributed by atoms with Gasteiger partial charge in [0.2, 0.25) is 0 Å². The Morgan fingerprint density at radius 1 is 0.487 bits per heavy atom. The van der Waals surface area contributed by atoms with Crippen molar-refractivity contribution >= 4 is 41.4 Å². The van der Waals surface area contributed by atoms with Crippen LogP contribution in [0.4, 0.5) is 0 Å². The summed E-state index contributed by atoms with van der Waals surface area (Å²) in [4.78, 5) is 94.3. The summed E-state index contributed by atoms with van der Waals surface area (Å²) in [6, 6.07) is 0. The van der Waals surface area contributed by atoms with Crippen molar-refractivity contribution in [2.24, 2.45) is 0 Å². The molecule has 0 radical (unpaired) electrons. The molecule has 39 heavy (non-hydrogen) atoms. The summed E-state index contributed by atoms with van der Waals surface area (Å²) in [5.41, 5.74) is 0. The SMILES string of the molecule is CCCC(=O)O[C@@H]1[C@@H](OC(=O)CCC)[C@H](OP(=O)(O)O)[C@@H](OP(=O)(O)O)[C@@H](OP(=O)(O)O)[C@H]1OC(=O)CCC. The minimum Gasteiger partial charge on any atom is -0.455 e. The van der Waals surface area contributed by atoms with Crippen LogP contribution >= 0.6 is 23.5 Å². The second kappa shape index (κ2) is 15.1. The largest absolute Gasteiger partial charge is 0.470 e. The molecule has 228 valence electrons. The Kier molecular flexibility index (Phi) is 13.9. The van der Waals surface area contributed by atoms with Gasteiger partial charge in [-0.05, 0) is 19.3 Å². The molecular weight excluding hydrogens is 597 g/mol. The maximum absolute atomic E-state index is 12.5. The van der Waals surface area contributed by atoms with E-state index in [9.17, 15) is 57.4 Å². The highest BCUT2D eigenvalue weighted by Crippen LogP contribution is 2.51. The van der Waals surface area contributed by atoms with E-state index in [1.54, 1.807) is 20.8 Å². The Labute approximate surface area is 223 Å². The van der Waals surface area contributed by atoms with Gasteiger partial charge in [0.1, 0.15) is 18.3 Å². The number of rotatable bonds is 15. The molecule has 6 N–H and O–H groups in total. The molecule has 0 unspecified atom stereocenters. The molecule has 0 aliphatic heterocycles. The van der Waals surface area contributed by atoms with Crippen molar-refractivity contribution in [3.63, 3.8) is 0 Å². The monoisotopic (exact) mass is 630 g/mol. The van der Waals surface area contributed by atoms with Crippen LogP contribution in [0.5, 0.6) is 0 Å². The zero-order valence-electron chi connectivity index (χ0n) is 21.1. The van der Waals surface area contributed by atoms with Crippen molar-refractivity contribution in [2.45, 2.75) is 95.9 Å². The summed E-state index contributed by atoms with van der Waals surface area (Å²) in [5, 5.41) is 0. The number of carbonyl (C=O) groups is 3. The van der Waals surface area contributed by atoms with Gasteiger partial charge < -0.3 is 43.6 Å².